The molecule has 0 atom stereocenters. The van der Waals surface area contributed by atoms with Gasteiger partial charge in [-0.3, -0.25) is 14.4 Å². The molecule has 0 fully saturated rings. The third-order valence-electron chi connectivity index (χ3n) is 5.11. The number of rotatable bonds is 7. The molecule has 3 aromatic carbocycles. The average molecular weight is 505 g/mol. The van der Waals surface area contributed by atoms with Crippen LogP contribution in [0.15, 0.2) is 83.7 Å². The lowest BCUT2D eigenvalue weighted by molar-refractivity contribution is -0.132. The van der Waals surface area contributed by atoms with E-state index >= 15 is 0 Å². The summed E-state index contributed by atoms with van der Waals surface area (Å²) in [5, 5.41) is 8.44. The Morgan fingerprint density at radius 1 is 0.944 bits per heavy atom. The lowest BCUT2D eigenvalue weighted by Crippen LogP contribution is -2.29. The molecule has 36 heavy (non-hydrogen) atoms. The van der Waals surface area contributed by atoms with Crippen molar-refractivity contribution in [1.82, 2.24) is 10.3 Å². The number of ether oxygens (including phenoxy) is 1. The lowest BCUT2D eigenvalue weighted by Gasteiger charge is -2.11. The van der Waals surface area contributed by atoms with Crippen LogP contribution in [0.3, 0.4) is 0 Å². The topological polar surface area (TPSA) is 123 Å². The van der Waals surface area contributed by atoms with Crippen LogP contribution in [0.25, 0.3) is 11.3 Å². The van der Waals surface area contributed by atoms with Crippen LogP contribution in [0, 0.1) is 0 Å². The van der Waals surface area contributed by atoms with Gasteiger partial charge in [-0.2, -0.15) is 0 Å². The fourth-order valence-electron chi connectivity index (χ4n) is 3.34. The second kappa shape index (κ2) is 11.2. The summed E-state index contributed by atoms with van der Waals surface area (Å²) < 4.78 is 10.6. The highest BCUT2D eigenvalue weighted by Gasteiger charge is 2.16. The third-order valence-corrected chi connectivity index (χ3v) is 5.36. The van der Waals surface area contributed by atoms with E-state index in [1.165, 1.54) is 13.5 Å². The Balaban J connectivity index is 1.35. The molecular formula is C26H21ClN4O5. The fraction of sp³-hybridized carbons (Fsp3) is 0.0769. The summed E-state index contributed by atoms with van der Waals surface area (Å²) in [6, 6.07) is 18.2. The van der Waals surface area contributed by atoms with Crippen molar-refractivity contribution in [2.45, 2.75) is 6.54 Å². The van der Waals surface area contributed by atoms with E-state index in [0.29, 0.717) is 39.0 Å². The molecule has 3 amide bonds. The van der Waals surface area contributed by atoms with Gasteiger partial charge in [0.2, 0.25) is 0 Å². The monoisotopic (exact) mass is 504 g/mol. The van der Waals surface area contributed by atoms with Gasteiger partial charge in [0.15, 0.2) is 12.2 Å². The van der Waals surface area contributed by atoms with Crippen LogP contribution in [0.5, 0.6) is 5.75 Å². The molecule has 182 valence electrons. The minimum absolute atomic E-state index is 0.231. The number of amides is 3. The number of aromatic nitrogens is 1. The van der Waals surface area contributed by atoms with Gasteiger partial charge >= 0.3 is 11.8 Å². The molecule has 0 bridgehead atoms. The summed E-state index contributed by atoms with van der Waals surface area (Å²) >= 11 is 5.85. The zero-order valence-electron chi connectivity index (χ0n) is 19.1. The number of oxazole rings is 1. The minimum atomic E-state index is -0.856. The van der Waals surface area contributed by atoms with Crippen molar-refractivity contribution < 1.29 is 23.5 Å². The second-order valence-electron chi connectivity index (χ2n) is 7.58. The number of carbonyl (C=O) groups excluding carboxylic acids is 3. The van der Waals surface area contributed by atoms with Gasteiger partial charge in [0.05, 0.1) is 18.9 Å². The van der Waals surface area contributed by atoms with Crippen molar-refractivity contribution in [2.75, 3.05) is 17.7 Å². The Morgan fingerprint density at radius 3 is 2.33 bits per heavy atom. The highest BCUT2D eigenvalue weighted by atomic mass is 35.5. The molecule has 4 rings (SSSR count). The molecular weight excluding hydrogens is 484 g/mol. The largest absolute Gasteiger partial charge is 0.496 e. The molecule has 0 saturated heterocycles. The Bertz CT molecular complexity index is 1390. The molecule has 0 radical (unpaired) electrons. The molecule has 10 heteroatoms. The molecule has 1 aromatic heterocycles. The Morgan fingerprint density at radius 2 is 1.67 bits per heavy atom. The van der Waals surface area contributed by atoms with E-state index in [1.54, 1.807) is 72.9 Å². The molecule has 0 saturated carbocycles. The first-order chi connectivity index (χ1) is 17.4. The highest BCUT2D eigenvalue weighted by Crippen LogP contribution is 2.32. The summed E-state index contributed by atoms with van der Waals surface area (Å²) in [5.74, 6) is -1.02. The summed E-state index contributed by atoms with van der Waals surface area (Å²) in [5.41, 5.74) is 2.65. The average Bonchev–Trinajstić information content (AvgIpc) is 3.42. The van der Waals surface area contributed by atoms with Gasteiger partial charge in [0, 0.05) is 34.6 Å². The van der Waals surface area contributed by atoms with E-state index in [2.05, 4.69) is 20.9 Å². The number of hydrogen-bond donors (Lipinski definition) is 3. The Labute approximate surface area is 211 Å². The first-order valence-electron chi connectivity index (χ1n) is 10.7. The molecule has 3 N–H and O–H groups in total. The van der Waals surface area contributed by atoms with E-state index in [0.717, 1.165) is 5.56 Å². The maximum Gasteiger partial charge on any atom is 0.314 e. The van der Waals surface area contributed by atoms with Gasteiger partial charge in [-0.1, -0.05) is 23.7 Å². The van der Waals surface area contributed by atoms with Gasteiger partial charge in [0.1, 0.15) is 5.75 Å². The number of benzene rings is 3. The van der Waals surface area contributed by atoms with Crippen molar-refractivity contribution >= 4 is 40.7 Å². The van der Waals surface area contributed by atoms with Crippen LogP contribution < -0.4 is 20.7 Å². The second-order valence-corrected chi connectivity index (χ2v) is 8.02. The maximum absolute atomic E-state index is 12.5. The maximum atomic E-state index is 12.5. The normalized spacial score (nSPS) is 10.4. The predicted molar refractivity (Wildman–Crippen MR) is 135 cm³/mol. The Hall–Kier alpha value is -4.63. The zero-order valence-corrected chi connectivity index (χ0v) is 19.8. The van der Waals surface area contributed by atoms with E-state index in [9.17, 15) is 14.4 Å². The van der Waals surface area contributed by atoms with Crippen molar-refractivity contribution in [3.05, 3.63) is 95.5 Å². The minimum Gasteiger partial charge on any atom is -0.496 e. The SMILES string of the molecule is COc1cc(NC(=O)C(=O)Nc2cccc(CNC(=O)c3ccc(Cl)cc3)c2)ccc1-c1cnco1. The first kappa shape index (κ1) is 24.5. The van der Waals surface area contributed by atoms with Crippen LogP contribution in [0.4, 0.5) is 11.4 Å². The fourth-order valence-corrected chi connectivity index (χ4v) is 3.47. The number of methoxy groups -OCH3 is 1. The van der Waals surface area contributed by atoms with Crippen LogP contribution in [-0.4, -0.2) is 29.8 Å². The summed E-state index contributed by atoms with van der Waals surface area (Å²) in [6.07, 6.45) is 2.85. The Kier molecular flexibility index (Phi) is 7.62. The van der Waals surface area contributed by atoms with E-state index in [1.807, 2.05) is 0 Å². The quantitative estimate of drug-likeness (QED) is 0.318. The smallest absolute Gasteiger partial charge is 0.314 e. The molecule has 0 aliphatic rings. The van der Waals surface area contributed by atoms with Gasteiger partial charge in [-0.25, -0.2) is 4.98 Å². The van der Waals surface area contributed by atoms with Crippen LogP contribution >= 0.6 is 11.6 Å². The first-order valence-corrected chi connectivity index (χ1v) is 11.1. The van der Waals surface area contributed by atoms with Crippen LogP contribution in [0.1, 0.15) is 15.9 Å². The highest BCUT2D eigenvalue weighted by molar-refractivity contribution is 6.43. The molecule has 0 spiro atoms. The van der Waals surface area contributed by atoms with E-state index < -0.39 is 11.8 Å². The van der Waals surface area contributed by atoms with E-state index in [-0.39, 0.29) is 12.5 Å². The lowest BCUT2D eigenvalue weighted by atomic mass is 10.1. The molecule has 4 aromatic rings. The molecule has 0 unspecified atom stereocenters. The number of nitrogens with zero attached hydrogens (tertiary/aromatic N) is 1. The predicted octanol–water partition coefficient (Wildman–Crippen LogP) is 4.51. The number of anilines is 2. The molecule has 0 aliphatic heterocycles. The molecule has 1 heterocycles. The van der Waals surface area contributed by atoms with Gasteiger partial charge < -0.3 is 25.1 Å². The number of hydrogen-bond acceptors (Lipinski definition) is 6. The third kappa shape index (κ3) is 6.08. The number of halogens is 1. The van der Waals surface area contributed by atoms with Crippen LogP contribution in [0.2, 0.25) is 5.02 Å². The van der Waals surface area contributed by atoms with Crippen molar-refractivity contribution in [3.63, 3.8) is 0 Å². The van der Waals surface area contributed by atoms with Gasteiger partial charge in [-0.05, 0) is 54.1 Å². The summed E-state index contributed by atoms with van der Waals surface area (Å²) in [6.45, 7) is 0.231. The standard InChI is InChI=1S/C26H21ClN4O5/c1-35-22-12-20(9-10-21(22)23-14-28-15-36-23)31-26(34)25(33)30-19-4-2-3-16(11-19)13-29-24(32)17-5-7-18(27)8-6-17/h2-12,14-15H,13H2,1H3,(H,29,32)(H,30,33)(H,31,34). The molecule has 9 nitrogen and oxygen atoms in total. The van der Waals surface area contributed by atoms with Gasteiger partial charge in [-0.15, -0.1) is 0 Å². The zero-order chi connectivity index (χ0) is 25.5. The summed E-state index contributed by atoms with van der Waals surface area (Å²) in [4.78, 5) is 41.1. The number of carbonyl (C=O) groups is 3. The van der Waals surface area contributed by atoms with Crippen LogP contribution in [-0.2, 0) is 16.1 Å². The van der Waals surface area contributed by atoms with Crippen molar-refractivity contribution in [1.29, 1.82) is 0 Å². The van der Waals surface area contributed by atoms with Crippen molar-refractivity contribution in [2.24, 2.45) is 0 Å². The molecule has 0 aliphatic carbocycles. The van der Waals surface area contributed by atoms with E-state index in [4.69, 9.17) is 20.8 Å². The van der Waals surface area contributed by atoms with Crippen molar-refractivity contribution in [3.8, 4) is 17.1 Å². The summed E-state index contributed by atoms with van der Waals surface area (Å²) in [7, 11) is 1.48. The van der Waals surface area contributed by atoms with Gasteiger partial charge in [0.25, 0.3) is 5.91 Å². The number of nitrogens with one attached hydrogen (secondary N) is 3.